The van der Waals surface area contributed by atoms with E-state index in [1.165, 1.54) is 11.8 Å². The Morgan fingerprint density at radius 2 is 1.87 bits per heavy atom. The van der Waals surface area contributed by atoms with E-state index in [1.54, 1.807) is 4.68 Å². The number of anilines is 1. The number of rotatable bonds is 13. The lowest BCUT2D eigenvalue weighted by Gasteiger charge is -2.29. The molecule has 236 valence electrons. The minimum absolute atomic E-state index is 0.315. The van der Waals surface area contributed by atoms with E-state index in [1.807, 2.05) is 74.5 Å². The lowest BCUT2D eigenvalue weighted by atomic mass is 9.95. The molecule has 12 heteroatoms. The van der Waals surface area contributed by atoms with Crippen LogP contribution in [-0.4, -0.2) is 33.9 Å². The molecular weight excluding hydrogens is 699 g/mol. The fourth-order valence-electron chi connectivity index (χ4n) is 4.79. The number of allylic oxidation sites excluding steroid dienone is 1. The topological polar surface area (TPSA) is 87.5 Å². The van der Waals surface area contributed by atoms with Crippen LogP contribution in [0.4, 0.5) is 5.95 Å². The molecule has 45 heavy (non-hydrogen) atoms. The lowest BCUT2D eigenvalue weighted by Crippen LogP contribution is -2.30. The molecule has 1 aliphatic rings. The summed E-state index contributed by atoms with van der Waals surface area (Å²) in [5.41, 5.74) is 3.77. The van der Waals surface area contributed by atoms with E-state index in [0.29, 0.717) is 74.0 Å². The number of carbonyl (C=O) groups is 1. The molecule has 1 aliphatic heterocycles. The van der Waals surface area contributed by atoms with Crippen molar-refractivity contribution < 1.29 is 19.0 Å². The highest BCUT2D eigenvalue weighted by Crippen LogP contribution is 2.44. The molecule has 0 amide bonds. The van der Waals surface area contributed by atoms with E-state index >= 15 is 0 Å². The standard InChI is InChI=1S/C33H33BrCl2N4O4S/c1-4-6-15-43-31(41)28-20(3)37-32-38-33(45-19-22-9-7-8-10-26(22)36)39-40(32)29(28)23-16-25(34)30(27(17-23)42-5-2)44-18-21-11-13-24(35)14-12-21/h7-14,16-17,29H,4-6,15,18-19H2,1-3H3,(H,37,38,39). The molecule has 8 nitrogen and oxygen atoms in total. The normalized spacial score (nSPS) is 14.1. The van der Waals surface area contributed by atoms with Crippen molar-refractivity contribution in [3.63, 3.8) is 0 Å². The maximum absolute atomic E-state index is 13.6. The highest BCUT2D eigenvalue weighted by atomic mass is 79.9. The van der Waals surface area contributed by atoms with Crippen molar-refractivity contribution in [1.82, 2.24) is 14.8 Å². The molecule has 1 unspecified atom stereocenters. The molecule has 0 bridgehead atoms. The highest BCUT2D eigenvalue weighted by Gasteiger charge is 2.36. The number of thioether (sulfide) groups is 1. The largest absolute Gasteiger partial charge is 0.490 e. The molecule has 0 spiro atoms. The second-order valence-electron chi connectivity index (χ2n) is 10.3. The third-order valence-corrected chi connectivity index (χ3v) is 9.14. The fraction of sp³-hybridized carbons (Fsp3) is 0.303. The predicted octanol–water partition coefficient (Wildman–Crippen LogP) is 9.25. The molecule has 0 fully saturated rings. The van der Waals surface area contributed by atoms with Crippen LogP contribution in [0.25, 0.3) is 0 Å². The van der Waals surface area contributed by atoms with Gasteiger partial charge in [-0.15, -0.1) is 5.10 Å². The average Bonchev–Trinajstić information content (AvgIpc) is 3.42. The van der Waals surface area contributed by atoms with Gasteiger partial charge < -0.3 is 19.5 Å². The maximum atomic E-state index is 13.6. The third-order valence-electron chi connectivity index (χ3n) is 7.04. The van der Waals surface area contributed by atoms with Gasteiger partial charge in [0.1, 0.15) is 12.6 Å². The number of fused-ring (bicyclic) bond motifs is 1. The Morgan fingerprint density at radius 1 is 1.09 bits per heavy atom. The van der Waals surface area contributed by atoms with Crippen LogP contribution in [-0.2, 0) is 21.9 Å². The number of unbranched alkanes of at least 4 members (excludes halogenated alkanes) is 1. The first-order valence-electron chi connectivity index (χ1n) is 14.6. The number of nitrogens with one attached hydrogen (secondary N) is 1. The van der Waals surface area contributed by atoms with Crippen molar-refractivity contribution in [3.8, 4) is 11.5 Å². The van der Waals surface area contributed by atoms with Crippen LogP contribution in [0.5, 0.6) is 11.5 Å². The second-order valence-corrected chi connectivity index (χ2v) is 12.9. The first kappa shape index (κ1) is 33.2. The number of ether oxygens (including phenoxy) is 3. The molecule has 1 N–H and O–H groups in total. The zero-order valence-electron chi connectivity index (χ0n) is 25.1. The Labute approximate surface area is 285 Å². The first-order chi connectivity index (χ1) is 21.8. The molecule has 1 aromatic heterocycles. The van der Waals surface area contributed by atoms with Crippen LogP contribution in [0.15, 0.2) is 81.6 Å². The Bertz CT molecular complexity index is 1700. The van der Waals surface area contributed by atoms with Gasteiger partial charge in [0, 0.05) is 21.5 Å². The number of aromatic nitrogens is 3. The molecule has 5 rings (SSSR count). The Balaban J connectivity index is 1.52. The maximum Gasteiger partial charge on any atom is 0.338 e. The van der Waals surface area contributed by atoms with Gasteiger partial charge in [-0.05, 0) is 83.2 Å². The van der Waals surface area contributed by atoms with Gasteiger partial charge >= 0.3 is 5.97 Å². The van der Waals surface area contributed by atoms with Crippen LogP contribution in [0, 0.1) is 0 Å². The van der Waals surface area contributed by atoms with E-state index in [0.717, 1.165) is 29.5 Å². The van der Waals surface area contributed by atoms with Gasteiger partial charge in [-0.3, -0.25) is 0 Å². The van der Waals surface area contributed by atoms with Crippen molar-refractivity contribution in [2.24, 2.45) is 0 Å². The first-order valence-corrected chi connectivity index (χ1v) is 17.1. The molecule has 4 aromatic rings. The van der Waals surface area contributed by atoms with Gasteiger partial charge in [-0.1, -0.05) is 78.6 Å². The van der Waals surface area contributed by atoms with Crippen LogP contribution in [0.2, 0.25) is 10.0 Å². The van der Waals surface area contributed by atoms with E-state index in [4.69, 9.17) is 47.5 Å². The zero-order valence-corrected chi connectivity index (χ0v) is 29.0. The summed E-state index contributed by atoms with van der Waals surface area (Å²) in [5.74, 6) is 1.77. The van der Waals surface area contributed by atoms with Crippen molar-refractivity contribution in [1.29, 1.82) is 0 Å². The lowest BCUT2D eigenvalue weighted by molar-refractivity contribution is -0.139. The summed E-state index contributed by atoms with van der Waals surface area (Å²) in [7, 11) is 0. The Hall–Kier alpha value is -3.18. The molecule has 3 aromatic carbocycles. The van der Waals surface area contributed by atoms with Crippen LogP contribution in [0.1, 0.15) is 56.3 Å². The molecule has 2 heterocycles. The van der Waals surface area contributed by atoms with E-state index in [2.05, 4.69) is 28.2 Å². The summed E-state index contributed by atoms with van der Waals surface area (Å²) in [6.45, 7) is 6.86. The number of carbonyl (C=O) groups excluding carboxylic acids is 1. The summed E-state index contributed by atoms with van der Waals surface area (Å²) in [6.07, 6.45) is 1.68. The van der Waals surface area contributed by atoms with Crippen molar-refractivity contribution in [3.05, 3.63) is 103 Å². The minimum Gasteiger partial charge on any atom is -0.490 e. The van der Waals surface area contributed by atoms with Crippen LogP contribution in [0.3, 0.4) is 0 Å². The van der Waals surface area contributed by atoms with Gasteiger partial charge in [0.2, 0.25) is 11.1 Å². The zero-order chi connectivity index (χ0) is 31.9. The number of halogens is 3. The van der Waals surface area contributed by atoms with Crippen molar-refractivity contribution in [2.75, 3.05) is 18.5 Å². The summed E-state index contributed by atoms with van der Waals surface area (Å²) >= 11 is 17.6. The average molecular weight is 733 g/mol. The number of benzene rings is 3. The second kappa shape index (κ2) is 15.4. The number of hydrogen-bond acceptors (Lipinski definition) is 8. The minimum atomic E-state index is -0.640. The monoisotopic (exact) mass is 730 g/mol. The van der Waals surface area contributed by atoms with Gasteiger partial charge in [0.25, 0.3) is 0 Å². The summed E-state index contributed by atoms with van der Waals surface area (Å²) in [5, 5.41) is 10.0. The summed E-state index contributed by atoms with van der Waals surface area (Å²) < 4.78 is 20.4. The smallest absolute Gasteiger partial charge is 0.338 e. The molecular formula is C33H33BrCl2N4O4S. The highest BCUT2D eigenvalue weighted by molar-refractivity contribution is 9.10. The van der Waals surface area contributed by atoms with E-state index in [-0.39, 0.29) is 0 Å². The quantitative estimate of drug-likeness (QED) is 0.0828. The molecule has 0 saturated carbocycles. The van der Waals surface area contributed by atoms with Gasteiger partial charge in [-0.25, -0.2) is 9.48 Å². The van der Waals surface area contributed by atoms with Crippen molar-refractivity contribution >= 4 is 62.8 Å². The van der Waals surface area contributed by atoms with Gasteiger partial charge in [-0.2, -0.15) is 4.98 Å². The summed E-state index contributed by atoms with van der Waals surface area (Å²) in [6, 6.07) is 18.3. The SMILES string of the molecule is CCCCOC(=O)C1=C(C)Nc2nc(SCc3ccccc3Cl)nn2C1c1cc(Br)c(OCc2ccc(Cl)cc2)c(OCC)c1. The fourth-order valence-corrected chi connectivity index (χ4v) is 6.61. The van der Waals surface area contributed by atoms with Crippen molar-refractivity contribution in [2.45, 2.75) is 57.2 Å². The summed E-state index contributed by atoms with van der Waals surface area (Å²) in [4.78, 5) is 18.4. The number of nitrogens with zero attached hydrogens (tertiary/aromatic N) is 3. The molecule has 1 atom stereocenters. The Morgan fingerprint density at radius 3 is 2.60 bits per heavy atom. The predicted molar refractivity (Wildman–Crippen MR) is 182 cm³/mol. The van der Waals surface area contributed by atoms with Gasteiger partial charge in [0.15, 0.2) is 11.5 Å². The Kier molecular flexibility index (Phi) is 11.4. The number of hydrogen-bond donors (Lipinski definition) is 1. The third kappa shape index (κ3) is 7.98. The van der Waals surface area contributed by atoms with Crippen LogP contribution >= 0.6 is 50.9 Å². The molecule has 0 radical (unpaired) electrons. The molecule has 0 aliphatic carbocycles. The number of esters is 1. The van der Waals surface area contributed by atoms with E-state index in [9.17, 15) is 4.79 Å². The molecule has 0 saturated heterocycles. The van der Waals surface area contributed by atoms with Crippen LogP contribution < -0.4 is 14.8 Å². The van der Waals surface area contributed by atoms with E-state index < -0.39 is 12.0 Å². The van der Waals surface area contributed by atoms with Gasteiger partial charge in [0.05, 0.1) is 23.3 Å².